The first-order valence-corrected chi connectivity index (χ1v) is 9.66. The van der Waals surface area contributed by atoms with Crippen LogP contribution >= 0.6 is 11.6 Å². The van der Waals surface area contributed by atoms with Crippen LogP contribution in [-0.4, -0.2) is 23.9 Å². The van der Waals surface area contributed by atoms with E-state index in [-0.39, 0.29) is 24.2 Å². The van der Waals surface area contributed by atoms with E-state index in [2.05, 4.69) is 0 Å². The molecule has 26 heavy (non-hydrogen) atoms. The minimum atomic E-state index is -0.386. The van der Waals surface area contributed by atoms with Crippen LogP contribution in [0.4, 0.5) is 0 Å². The Balaban J connectivity index is 1.39. The third-order valence-corrected chi connectivity index (χ3v) is 6.22. The first-order valence-electron chi connectivity index (χ1n) is 9.29. The Labute approximate surface area is 159 Å². The van der Waals surface area contributed by atoms with E-state index in [0.29, 0.717) is 18.9 Å². The van der Waals surface area contributed by atoms with Crippen LogP contribution < -0.4 is 4.74 Å². The molecule has 2 aliphatic rings. The highest BCUT2D eigenvalue weighted by molar-refractivity contribution is 6.31. The van der Waals surface area contributed by atoms with Crippen LogP contribution in [-0.2, 0) is 4.74 Å². The van der Waals surface area contributed by atoms with E-state index < -0.39 is 0 Å². The van der Waals surface area contributed by atoms with E-state index in [4.69, 9.17) is 25.5 Å². The maximum Gasteiger partial charge on any atom is 0.119 e. The number of halogens is 1. The van der Waals surface area contributed by atoms with Crippen molar-refractivity contribution in [2.75, 3.05) is 6.61 Å². The van der Waals surface area contributed by atoms with Gasteiger partial charge >= 0.3 is 0 Å². The maximum atomic E-state index is 10.6. The lowest BCUT2D eigenvalue weighted by atomic mass is 9.86. The van der Waals surface area contributed by atoms with Gasteiger partial charge in [-0.25, -0.2) is 0 Å². The molecule has 1 aliphatic heterocycles. The fourth-order valence-electron chi connectivity index (χ4n) is 4.34. The molecule has 5 heteroatoms. The summed E-state index contributed by atoms with van der Waals surface area (Å²) >= 11 is 6.07. The average molecular weight is 377 g/mol. The molecule has 2 fully saturated rings. The normalized spacial score (nSPS) is 31.0. The number of rotatable bonds is 4. The van der Waals surface area contributed by atoms with Crippen molar-refractivity contribution in [3.8, 4) is 5.75 Å². The predicted octanol–water partition coefficient (Wildman–Crippen LogP) is 4.85. The van der Waals surface area contributed by atoms with Crippen LogP contribution in [0.2, 0.25) is 5.02 Å². The molecular formula is C21H25ClO4. The Hall–Kier alpha value is -1.49. The number of hydrogen-bond donors (Lipinski definition) is 1. The van der Waals surface area contributed by atoms with E-state index >= 15 is 0 Å². The smallest absolute Gasteiger partial charge is 0.119 e. The van der Waals surface area contributed by atoms with Gasteiger partial charge in [0.1, 0.15) is 11.5 Å². The fraction of sp³-hybridized carbons (Fsp3) is 0.524. The molecule has 1 saturated heterocycles. The molecule has 5 atom stereocenters. The number of benzene rings is 1. The van der Waals surface area contributed by atoms with E-state index in [9.17, 15) is 5.11 Å². The minimum absolute atomic E-state index is 0.0690. The van der Waals surface area contributed by atoms with E-state index in [1.165, 1.54) is 0 Å². The molecule has 1 N–H and O–H groups in total. The highest BCUT2D eigenvalue weighted by atomic mass is 35.5. The molecule has 2 unspecified atom stereocenters. The second kappa shape index (κ2) is 7.26. The highest BCUT2D eigenvalue weighted by Crippen LogP contribution is 2.46. The van der Waals surface area contributed by atoms with Crippen molar-refractivity contribution in [3.05, 3.63) is 52.4 Å². The molecule has 1 saturated carbocycles. The van der Waals surface area contributed by atoms with Crippen molar-refractivity contribution >= 4 is 11.6 Å². The number of hydrogen-bond acceptors (Lipinski definition) is 4. The Bertz CT molecular complexity index is 771. The molecular weight excluding hydrogens is 352 g/mol. The Morgan fingerprint density at radius 3 is 2.81 bits per heavy atom. The van der Waals surface area contributed by atoms with Crippen LogP contribution in [0.1, 0.15) is 42.3 Å². The first-order chi connectivity index (χ1) is 12.5. The SMILES string of the molecule is Cc1cc(C2CC[C@@H]3C(COc4ccc(Cl)c(C)c4)[C@H](O)C[C@@H]3O2)co1. The van der Waals surface area contributed by atoms with Gasteiger partial charge in [-0.1, -0.05) is 11.6 Å². The second-order valence-electron chi connectivity index (χ2n) is 7.58. The van der Waals surface area contributed by atoms with Crippen LogP contribution in [0, 0.1) is 25.7 Å². The molecule has 1 aromatic heterocycles. The van der Waals surface area contributed by atoms with Gasteiger partial charge in [-0.15, -0.1) is 0 Å². The van der Waals surface area contributed by atoms with Crippen molar-refractivity contribution in [1.29, 1.82) is 0 Å². The highest BCUT2D eigenvalue weighted by Gasteiger charge is 2.47. The summed E-state index contributed by atoms with van der Waals surface area (Å²) in [4.78, 5) is 0. The van der Waals surface area contributed by atoms with Gasteiger partial charge in [0.15, 0.2) is 0 Å². The van der Waals surface area contributed by atoms with Crippen LogP contribution in [0.5, 0.6) is 5.75 Å². The second-order valence-corrected chi connectivity index (χ2v) is 7.99. The van der Waals surface area contributed by atoms with Crippen molar-refractivity contribution < 1.29 is 19.0 Å². The molecule has 2 heterocycles. The molecule has 140 valence electrons. The molecule has 4 rings (SSSR count). The number of fused-ring (bicyclic) bond motifs is 1. The van der Waals surface area contributed by atoms with Gasteiger partial charge in [0.2, 0.25) is 0 Å². The quantitative estimate of drug-likeness (QED) is 0.829. The van der Waals surface area contributed by atoms with E-state index in [1.807, 2.05) is 38.1 Å². The number of ether oxygens (including phenoxy) is 2. The zero-order valence-electron chi connectivity index (χ0n) is 15.2. The van der Waals surface area contributed by atoms with Crippen molar-refractivity contribution in [3.63, 3.8) is 0 Å². The minimum Gasteiger partial charge on any atom is -0.493 e. The zero-order valence-corrected chi connectivity index (χ0v) is 15.9. The van der Waals surface area contributed by atoms with Gasteiger partial charge in [-0.2, -0.15) is 0 Å². The largest absolute Gasteiger partial charge is 0.493 e. The molecule has 1 aromatic carbocycles. The zero-order chi connectivity index (χ0) is 18.3. The number of aliphatic hydroxyl groups is 1. The summed E-state index contributed by atoms with van der Waals surface area (Å²) in [5, 5.41) is 11.3. The van der Waals surface area contributed by atoms with Crippen LogP contribution in [0.25, 0.3) is 0 Å². The average Bonchev–Trinajstić information content (AvgIpc) is 3.18. The van der Waals surface area contributed by atoms with Gasteiger partial charge in [0.05, 0.1) is 31.2 Å². The first kappa shape index (κ1) is 17.9. The monoisotopic (exact) mass is 376 g/mol. The molecule has 0 amide bonds. The summed E-state index contributed by atoms with van der Waals surface area (Å²) in [6, 6.07) is 7.71. The lowest BCUT2D eigenvalue weighted by Crippen LogP contribution is -2.33. The summed E-state index contributed by atoms with van der Waals surface area (Å²) < 4.78 is 17.7. The van der Waals surface area contributed by atoms with Crippen LogP contribution in [0.15, 0.2) is 34.9 Å². The van der Waals surface area contributed by atoms with E-state index in [1.54, 1.807) is 6.26 Å². The lowest BCUT2D eigenvalue weighted by Gasteiger charge is -2.34. The Morgan fingerprint density at radius 1 is 1.23 bits per heavy atom. The maximum absolute atomic E-state index is 10.6. The van der Waals surface area contributed by atoms with Crippen molar-refractivity contribution in [2.45, 2.75) is 51.4 Å². The predicted molar refractivity (Wildman–Crippen MR) is 99.6 cm³/mol. The third-order valence-electron chi connectivity index (χ3n) is 5.79. The van der Waals surface area contributed by atoms with Crippen molar-refractivity contribution in [1.82, 2.24) is 0 Å². The topological polar surface area (TPSA) is 51.8 Å². The Kier molecular flexibility index (Phi) is 5.00. The molecule has 0 spiro atoms. The van der Waals surface area contributed by atoms with Gasteiger partial charge in [-0.3, -0.25) is 0 Å². The van der Waals surface area contributed by atoms with Crippen molar-refractivity contribution in [2.24, 2.45) is 11.8 Å². The molecule has 4 nitrogen and oxygen atoms in total. The number of furan rings is 1. The van der Waals surface area contributed by atoms with Crippen LogP contribution in [0.3, 0.4) is 0 Å². The molecule has 0 bridgehead atoms. The molecule has 2 aromatic rings. The van der Waals surface area contributed by atoms with E-state index in [0.717, 1.165) is 40.5 Å². The fourth-order valence-corrected chi connectivity index (χ4v) is 4.46. The number of aliphatic hydroxyl groups excluding tert-OH is 1. The third kappa shape index (κ3) is 3.51. The summed E-state index contributed by atoms with van der Waals surface area (Å²) in [5.41, 5.74) is 2.10. The summed E-state index contributed by atoms with van der Waals surface area (Å²) in [7, 11) is 0. The summed E-state index contributed by atoms with van der Waals surface area (Å²) in [6.07, 6.45) is 4.20. The summed E-state index contributed by atoms with van der Waals surface area (Å²) in [5.74, 6) is 2.14. The van der Waals surface area contributed by atoms with Gasteiger partial charge < -0.3 is 19.0 Å². The lowest BCUT2D eigenvalue weighted by molar-refractivity contribution is -0.0813. The molecule has 1 aliphatic carbocycles. The summed E-state index contributed by atoms with van der Waals surface area (Å²) in [6.45, 7) is 4.41. The standard InChI is InChI=1S/C21H25ClO4/c1-12-7-15(3-5-18(12)22)25-11-17-16-4-6-20(14-8-13(2)24-10-14)26-21(16)9-19(17)23/h3,5,7-8,10,16-17,19-21,23H,4,6,9,11H2,1-2H3/t16-,17?,19-,20?,21+/m1/s1. The van der Waals surface area contributed by atoms with Gasteiger partial charge in [0.25, 0.3) is 0 Å². The number of aryl methyl sites for hydroxylation is 2. The Morgan fingerprint density at radius 2 is 2.08 bits per heavy atom. The molecule has 0 radical (unpaired) electrons. The van der Waals surface area contributed by atoms with Gasteiger partial charge in [0, 0.05) is 22.9 Å². The van der Waals surface area contributed by atoms with Gasteiger partial charge in [-0.05, 0) is 62.4 Å².